The Morgan fingerprint density at radius 3 is 0.622 bits per heavy atom. The van der Waals surface area contributed by atoms with Gasteiger partial charge in [-0.2, -0.15) is 0 Å². The summed E-state index contributed by atoms with van der Waals surface area (Å²) in [5, 5.41) is 0. The average molecular weight is 713 g/mol. The largest absolute Gasteiger partial charge is 0.398 e. The van der Waals surface area contributed by atoms with Gasteiger partial charge in [-0.25, -0.2) is 0 Å². The molecule has 272 valence electrons. The molecule has 0 unspecified atom stereocenters. The van der Waals surface area contributed by atoms with Crippen LogP contribution >= 0.6 is 0 Å². The molecule has 0 heterocycles. The van der Waals surface area contributed by atoms with E-state index < -0.39 is 34.2 Å². The Morgan fingerprint density at radius 2 is 0.467 bits per heavy atom. The van der Waals surface area contributed by atoms with Crippen molar-refractivity contribution in [3.63, 3.8) is 0 Å². The van der Waals surface area contributed by atoms with Crippen LogP contribution < -0.4 is 0 Å². The van der Waals surface area contributed by atoms with Crippen LogP contribution in [0.2, 0.25) is 50.4 Å². The minimum Gasteiger partial charge on any atom is -0.398 e. The number of hydrogen-bond acceptors (Lipinski definition) is 8. The van der Waals surface area contributed by atoms with Gasteiger partial charge < -0.3 is 35.4 Å². The first-order valence-electron chi connectivity index (χ1n) is 17.7. The van der Waals surface area contributed by atoms with Gasteiger partial charge in [0.2, 0.25) is 0 Å². The summed E-state index contributed by atoms with van der Waals surface area (Å²) in [5.74, 6) is 0. The lowest BCUT2D eigenvalue weighted by molar-refractivity contribution is 0.171. The van der Waals surface area contributed by atoms with E-state index in [0.29, 0.717) is 5.41 Å². The lowest BCUT2D eigenvalue weighted by atomic mass is 9.70. The van der Waals surface area contributed by atoms with Crippen molar-refractivity contribution < 1.29 is 35.4 Å². The normalized spacial score (nSPS) is 13.6. The average Bonchev–Trinajstić information content (AvgIpc) is 3.06. The zero-order valence-electron chi connectivity index (χ0n) is 31.9. The summed E-state index contributed by atoms with van der Waals surface area (Å²) in [6.07, 6.45) is 20.2. The molecule has 8 nitrogen and oxygen atoms in total. The third-order valence-electron chi connectivity index (χ3n) is 10.8. The molecule has 0 bridgehead atoms. The van der Waals surface area contributed by atoms with Crippen molar-refractivity contribution in [2.75, 3.05) is 56.9 Å². The predicted octanol–water partition coefficient (Wildman–Crippen LogP) is 9.67. The minimum absolute atomic E-state index is 0.402. The summed E-state index contributed by atoms with van der Waals surface area (Å²) < 4.78 is 46.0. The lowest BCUT2D eigenvalue weighted by Crippen LogP contribution is -2.35. The summed E-state index contributed by atoms with van der Waals surface area (Å²) in [7, 11) is 6.44. The molecule has 12 heteroatoms. The van der Waals surface area contributed by atoms with Crippen molar-refractivity contribution in [2.45, 2.75) is 153 Å². The van der Waals surface area contributed by atoms with Gasteiger partial charge >= 0.3 is 34.2 Å². The van der Waals surface area contributed by atoms with Gasteiger partial charge in [0, 0.05) is 56.9 Å². The maximum Gasteiger partial charge on any atom is 0.334 e. The van der Waals surface area contributed by atoms with Gasteiger partial charge in [-0.3, -0.25) is 0 Å². The molecule has 0 saturated carbocycles. The van der Waals surface area contributed by atoms with Gasteiger partial charge in [0.15, 0.2) is 0 Å². The monoisotopic (exact) mass is 712 g/mol. The molecule has 0 amide bonds. The van der Waals surface area contributed by atoms with E-state index in [0.717, 1.165) is 24.2 Å². The Balaban J connectivity index is 5.51. The third kappa shape index (κ3) is 19.4. The molecule has 0 aliphatic carbocycles. The van der Waals surface area contributed by atoms with E-state index in [1.165, 1.54) is 103 Å². The lowest BCUT2D eigenvalue weighted by Gasteiger charge is -2.35. The van der Waals surface area contributed by atoms with Gasteiger partial charge in [-0.1, -0.05) is 77.0 Å². The van der Waals surface area contributed by atoms with Crippen LogP contribution in [-0.2, 0) is 35.4 Å². The van der Waals surface area contributed by atoms with Gasteiger partial charge in [0.25, 0.3) is 0 Å². The first-order chi connectivity index (χ1) is 21.3. The van der Waals surface area contributed by atoms with E-state index in [4.69, 9.17) is 35.4 Å². The second-order valence-electron chi connectivity index (χ2n) is 13.9. The number of unbranched alkanes of at least 4 members (excludes halogenated alkanes) is 8. The van der Waals surface area contributed by atoms with Crippen molar-refractivity contribution in [1.29, 1.82) is 0 Å². The fourth-order valence-corrected chi connectivity index (χ4v) is 12.3. The first-order valence-corrected chi connectivity index (χ1v) is 27.8. The standard InChI is InChI=1S/C33H76O8Si4/c1-34-42(9,35-2)29-21-13-17-25-33(26-18-14-22-30-43(10,36-3)37-4,27-19-15-23-31-44(11,38-5)39-6)28-20-16-24-32-45(12,40-7)41-8/h13-32H2,1-12H3. The van der Waals surface area contributed by atoms with Gasteiger partial charge in [-0.05, 0) is 81.5 Å². The number of rotatable bonds is 32. The molecule has 0 fully saturated rings. The summed E-state index contributed by atoms with van der Waals surface area (Å²) in [4.78, 5) is 0. The highest BCUT2D eigenvalue weighted by Gasteiger charge is 2.33. The van der Waals surface area contributed by atoms with E-state index in [-0.39, 0.29) is 0 Å². The SMILES string of the molecule is CO[Si](C)(CCCCCC(CCCCC[Si](C)(OC)OC)(CCCCC[Si](C)(OC)OC)CCCCC[Si](C)(OC)OC)OC. The fourth-order valence-electron chi connectivity index (χ4n) is 6.39. The summed E-state index contributed by atoms with van der Waals surface area (Å²) >= 11 is 0. The Bertz CT molecular complexity index is 585. The van der Waals surface area contributed by atoms with E-state index in [1.807, 2.05) is 0 Å². The fraction of sp³-hybridized carbons (Fsp3) is 1.00. The van der Waals surface area contributed by atoms with E-state index in [2.05, 4.69) is 26.2 Å². The van der Waals surface area contributed by atoms with Crippen LogP contribution in [-0.4, -0.2) is 91.1 Å². The van der Waals surface area contributed by atoms with Crippen LogP contribution in [0.3, 0.4) is 0 Å². The third-order valence-corrected chi connectivity index (χ3v) is 22.8. The van der Waals surface area contributed by atoms with Crippen molar-refractivity contribution in [3.05, 3.63) is 0 Å². The number of hydrogen-bond donors (Lipinski definition) is 0. The van der Waals surface area contributed by atoms with Crippen molar-refractivity contribution in [3.8, 4) is 0 Å². The maximum atomic E-state index is 5.75. The first kappa shape index (κ1) is 45.5. The van der Waals surface area contributed by atoms with Crippen LogP contribution in [0.15, 0.2) is 0 Å². The van der Waals surface area contributed by atoms with Crippen LogP contribution in [0.25, 0.3) is 0 Å². The Morgan fingerprint density at radius 1 is 0.289 bits per heavy atom. The molecular formula is C33H76O8Si4. The second kappa shape index (κ2) is 24.6. The summed E-state index contributed by atoms with van der Waals surface area (Å²) in [5.41, 5.74) is 0.402. The molecule has 0 saturated heterocycles. The summed E-state index contributed by atoms with van der Waals surface area (Å²) in [6.45, 7) is 8.72. The predicted molar refractivity (Wildman–Crippen MR) is 198 cm³/mol. The van der Waals surface area contributed by atoms with E-state index in [1.54, 1.807) is 56.9 Å². The Labute approximate surface area is 284 Å². The molecule has 0 aliphatic rings. The van der Waals surface area contributed by atoms with Crippen LogP contribution in [0.1, 0.15) is 103 Å². The van der Waals surface area contributed by atoms with Crippen LogP contribution in [0.5, 0.6) is 0 Å². The summed E-state index contributed by atoms with van der Waals surface area (Å²) in [6, 6.07) is 4.27. The van der Waals surface area contributed by atoms with Crippen LogP contribution in [0.4, 0.5) is 0 Å². The van der Waals surface area contributed by atoms with Crippen molar-refractivity contribution in [1.82, 2.24) is 0 Å². The van der Waals surface area contributed by atoms with Crippen LogP contribution in [0, 0.1) is 5.41 Å². The molecular weight excluding hydrogens is 637 g/mol. The molecule has 0 aromatic carbocycles. The zero-order chi connectivity index (χ0) is 34.3. The van der Waals surface area contributed by atoms with E-state index in [9.17, 15) is 0 Å². The molecule has 0 rings (SSSR count). The quantitative estimate of drug-likeness (QED) is 0.0504. The van der Waals surface area contributed by atoms with Crippen molar-refractivity contribution >= 4 is 34.2 Å². The smallest absolute Gasteiger partial charge is 0.334 e. The molecule has 0 aliphatic heterocycles. The highest BCUT2D eigenvalue weighted by Crippen LogP contribution is 2.42. The van der Waals surface area contributed by atoms with Gasteiger partial charge in [-0.15, -0.1) is 0 Å². The second-order valence-corrected chi connectivity index (χ2v) is 28.2. The maximum absolute atomic E-state index is 5.75. The molecule has 0 atom stereocenters. The molecule has 45 heavy (non-hydrogen) atoms. The molecule has 0 spiro atoms. The Hall–Kier alpha value is 0.548. The van der Waals surface area contributed by atoms with Crippen molar-refractivity contribution in [2.24, 2.45) is 5.41 Å². The van der Waals surface area contributed by atoms with Gasteiger partial charge in [0.05, 0.1) is 0 Å². The Kier molecular flexibility index (Phi) is 24.9. The molecule has 0 radical (unpaired) electrons. The molecule has 0 N–H and O–H groups in total. The minimum atomic E-state index is -2.00. The zero-order valence-corrected chi connectivity index (χ0v) is 35.9. The molecule has 0 aromatic rings. The van der Waals surface area contributed by atoms with E-state index >= 15 is 0 Å². The van der Waals surface area contributed by atoms with Gasteiger partial charge in [0.1, 0.15) is 0 Å². The highest BCUT2D eigenvalue weighted by molar-refractivity contribution is 6.67. The highest BCUT2D eigenvalue weighted by atomic mass is 28.4. The topological polar surface area (TPSA) is 73.8 Å². The molecule has 0 aromatic heterocycles.